The highest BCUT2D eigenvalue weighted by molar-refractivity contribution is 9.10. The van der Waals surface area contributed by atoms with Gasteiger partial charge in [-0.3, -0.25) is 9.59 Å². The first-order chi connectivity index (χ1) is 16.8. The maximum Gasteiger partial charge on any atom is 0.261 e. The smallest absolute Gasteiger partial charge is 0.261 e. The van der Waals surface area contributed by atoms with E-state index < -0.39 is 6.04 Å². The van der Waals surface area contributed by atoms with E-state index in [4.69, 9.17) is 27.9 Å². The molecule has 0 radical (unpaired) electrons. The summed E-state index contributed by atoms with van der Waals surface area (Å²) in [4.78, 5) is 28.0. The first kappa shape index (κ1) is 25.8. The van der Waals surface area contributed by atoms with Gasteiger partial charge in [0.1, 0.15) is 11.8 Å². The van der Waals surface area contributed by atoms with Gasteiger partial charge in [0.15, 0.2) is 6.61 Å². The molecule has 0 bridgehead atoms. The second-order valence-electron chi connectivity index (χ2n) is 8.78. The molecule has 35 heavy (non-hydrogen) atoms. The number of fused-ring (bicyclic) bond motifs is 1. The Balaban J connectivity index is 1.54. The molecule has 0 spiro atoms. The Labute approximate surface area is 223 Å². The summed E-state index contributed by atoms with van der Waals surface area (Å²) < 4.78 is 6.69. The molecule has 3 aromatic rings. The molecule has 1 aliphatic rings. The summed E-state index contributed by atoms with van der Waals surface area (Å²) in [6.45, 7) is 1.58. The lowest BCUT2D eigenvalue weighted by atomic mass is 10.1. The standard InChI is InChI=1S/C27H27BrCl2N2O3/c1-17(27(34)31-19-8-3-4-9-19)32(15-21-22(29)11-6-12-23(21)30)25(33)16-35-24-14-13-18-7-2-5-10-20(18)26(24)28/h2,5-7,10-14,17,19H,3-4,8-9,15-16H2,1H3,(H,31,34)/t17-/m0/s1. The van der Waals surface area contributed by atoms with E-state index in [1.807, 2.05) is 36.4 Å². The summed E-state index contributed by atoms with van der Waals surface area (Å²) in [5.41, 5.74) is 0.594. The number of carbonyl (C=O) groups excluding carboxylic acids is 2. The molecule has 4 rings (SSSR count). The monoisotopic (exact) mass is 576 g/mol. The van der Waals surface area contributed by atoms with Crippen LogP contribution in [0.3, 0.4) is 0 Å². The van der Waals surface area contributed by atoms with Gasteiger partial charge in [0.25, 0.3) is 5.91 Å². The van der Waals surface area contributed by atoms with E-state index in [0.29, 0.717) is 21.4 Å². The number of amides is 2. The highest BCUT2D eigenvalue weighted by atomic mass is 79.9. The molecule has 1 aliphatic carbocycles. The Hall–Kier alpha value is -2.28. The SMILES string of the molecule is C[C@@H](C(=O)NC1CCCC1)N(Cc1c(Cl)cccc1Cl)C(=O)COc1ccc2ccccc2c1Br. The third-order valence-electron chi connectivity index (χ3n) is 6.44. The number of ether oxygens (including phenoxy) is 1. The van der Waals surface area contributed by atoms with Crippen molar-refractivity contribution in [2.24, 2.45) is 0 Å². The summed E-state index contributed by atoms with van der Waals surface area (Å²) in [6.07, 6.45) is 4.13. The van der Waals surface area contributed by atoms with Gasteiger partial charge in [-0.1, -0.05) is 72.4 Å². The maximum absolute atomic E-state index is 13.4. The second kappa shape index (κ2) is 11.6. The van der Waals surface area contributed by atoms with E-state index in [-0.39, 0.29) is 31.0 Å². The van der Waals surface area contributed by atoms with Gasteiger partial charge >= 0.3 is 0 Å². The van der Waals surface area contributed by atoms with Gasteiger partial charge in [-0.15, -0.1) is 0 Å². The fourth-order valence-electron chi connectivity index (χ4n) is 4.38. The fourth-order valence-corrected chi connectivity index (χ4v) is 5.50. The third-order valence-corrected chi connectivity index (χ3v) is 7.96. The molecule has 0 aromatic heterocycles. The van der Waals surface area contributed by atoms with Crippen molar-refractivity contribution in [1.82, 2.24) is 10.2 Å². The molecule has 0 aliphatic heterocycles. The summed E-state index contributed by atoms with van der Waals surface area (Å²) in [5, 5.41) is 6.02. The Morgan fingerprint density at radius 2 is 1.74 bits per heavy atom. The van der Waals surface area contributed by atoms with Crippen LogP contribution < -0.4 is 10.1 Å². The minimum absolute atomic E-state index is 0.0961. The van der Waals surface area contributed by atoms with Crippen molar-refractivity contribution in [3.8, 4) is 5.75 Å². The van der Waals surface area contributed by atoms with Crippen LogP contribution in [0.4, 0.5) is 0 Å². The number of halogens is 3. The topological polar surface area (TPSA) is 58.6 Å². The van der Waals surface area contributed by atoms with Crippen molar-refractivity contribution in [3.05, 3.63) is 74.7 Å². The van der Waals surface area contributed by atoms with Crippen LogP contribution in [0.2, 0.25) is 10.0 Å². The lowest BCUT2D eigenvalue weighted by molar-refractivity contribution is -0.142. The Morgan fingerprint density at radius 3 is 2.46 bits per heavy atom. The quantitative estimate of drug-likeness (QED) is 0.321. The van der Waals surface area contributed by atoms with Crippen molar-refractivity contribution in [2.45, 2.75) is 51.2 Å². The second-order valence-corrected chi connectivity index (χ2v) is 10.4. The van der Waals surface area contributed by atoms with E-state index in [1.165, 1.54) is 4.90 Å². The molecule has 8 heteroatoms. The lowest BCUT2D eigenvalue weighted by Crippen LogP contribution is -2.50. The number of benzene rings is 3. The van der Waals surface area contributed by atoms with Crippen LogP contribution in [0.1, 0.15) is 38.2 Å². The molecular weight excluding hydrogens is 551 g/mol. The van der Waals surface area contributed by atoms with Crippen LogP contribution in [0.15, 0.2) is 59.1 Å². The van der Waals surface area contributed by atoms with Crippen molar-refractivity contribution < 1.29 is 14.3 Å². The van der Waals surface area contributed by atoms with Gasteiger partial charge in [0.05, 0.1) is 4.47 Å². The largest absolute Gasteiger partial charge is 0.483 e. The number of nitrogens with zero attached hydrogens (tertiary/aromatic N) is 1. The molecule has 3 aromatic carbocycles. The number of rotatable bonds is 8. The van der Waals surface area contributed by atoms with Gasteiger partial charge in [-0.25, -0.2) is 0 Å². The molecular formula is C27H27BrCl2N2O3. The number of hydrogen-bond acceptors (Lipinski definition) is 3. The van der Waals surface area contributed by atoms with Crippen LogP contribution >= 0.6 is 39.1 Å². The van der Waals surface area contributed by atoms with E-state index >= 15 is 0 Å². The maximum atomic E-state index is 13.4. The molecule has 0 unspecified atom stereocenters. The molecule has 5 nitrogen and oxygen atoms in total. The van der Waals surface area contributed by atoms with Crippen LogP contribution in [0, 0.1) is 0 Å². The summed E-state index contributed by atoms with van der Waals surface area (Å²) in [5.74, 6) is 0.0197. The molecule has 0 saturated heterocycles. The van der Waals surface area contributed by atoms with Crippen LogP contribution in [0.25, 0.3) is 10.8 Å². The number of carbonyl (C=O) groups is 2. The minimum atomic E-state index is -0.723. The van der Waals surface area contributed by atoms with Gasteiger partial charge in [-0.05, 0) is 64.7 Å². The Kier molecular flexibility index (Phi) is 8.58. The summed E-state index contributed by atoms with van der Waals surface area (Å²) >= 11 is 16.4. The first-order valence-corrected chi connectivity index (χ1v) is 13.2. The molecule has 1 N–H and O–H groups in total. The van der Waals surface area contributed by atoms with Crippen LogP contribution in [0.5, 0.6) is 5.75 Å². The summed E-state index contributed by atoms with van der Waals surface area (Å²) in [7, 11) is 0. The van der Waals surface area contributed by atoms with Crippen molar-refractivity contribution in [2.75, 3.05) is 6.61 Å². The molecule has 1 fully saturated rings. The average molecular weight is 578 g/mol. The van der Waals surface area contributed by atoms with Gasteiger partial charge in [0, 0.05) is 28.2 Å². The zero-order chi connectivity index (χ0) is 24.9. The number of hydrogen-bond donors (Lipinski definition) is 1. The number of nitrogens with one attached hydrogen (secondary N) is 1. The van der Waals surface area contributed by atoms with Crippen LogP contribution in [-0.2, 0) is 16.1 Å². The van der Waals surface area contributed by atoms with E-state index in [1.54, 1.807) is 25.1 Å². The average Bonchev–Trinajstić information content (AvgIpc) is 3.36. The molecule has 0 heterocycles. The zero-order valence-corrected chi connectivity index (χ0v) is 22.5. The van der Waals surface area contributed by atoms with E-state index in [2.05, 4.69) is 21.2 Å². The fraction of sp³-hybridized carbons (Fsp3) is 0.333. The minimum Gasteiger partial charge on any atom is -0.483 e. The first-order valence-electron chi connectivity index (χ1n) is 11.7. The summed E-state index contributed by atoms with van der Waals surface area (Å²) in [6, 6.07) is 16.3. The normalized spacial score (nSPS) is 14.6. The van der Waals surface area contributed by atoms with Crippen LogP contribution in [-0.4, -0.2) is 35.4 Å². The predicted octanol–water partition coefficient (Wildman–Crippen LogP) is 6.76. The van der Waals surface area contributed by atoms with Gasteiger partial charge in [-0.2, -0.15) is 0 Å². The van der Waals surface area contributed by atoms with Gasteiger partial charge in [0.2, 0.25) is 5.91 Å². The Bertz CT molecular complexity index is 1210. The van der Waals surface area contributed by atoms with E-state index in [0.717, 1.165) is 40.9 Å². The lowest BCUT2D eigenvalue weighted by Gasteiger charge is -2.30. The van der Waals surface area contributed by atoms with E-state index in [9.17, 15) is 9.59 Å². The molecule has 1 saturated carbocycles. The zero-order valence-electron chi connectivity index (χ0n) is 19.4. The molecule has 2 amide bonds. The molecule has 184 valence electrons. The highest BCUT2D eigenvalue weighted by Gasteiger charge is 2.30. The van der Waals surface area contributed by atoms with Crippen molar-refractivity contribution in [3.63, 3.8) is 0 Å². The molecule has 1 atom stereocenters. The Morgan fingerprint density at radius 1 is 1.06 bits per heavy atom. The van der Waals surface area contributed by atoms with Gasteiger partial charge < -0.3 is 15.0 Å². The van der Waals surface area contributed by atoms with Crippen molar-refractivity contribution >= 4 is 61.7 Å². The highest BCUT2D eigenvalue weighted by Crippen LogP contribution is 2.33. The predicted molar refractivity (Wildman–Crippen MR) is 144 cm³/mol. The van der Waals surface area contributed by atoms with Crippen molar-refractivity contribution in [1.29, 1.82) is 0 Å². The third kappa shape index (κ3) is 6.11.